The molecular formula is C18H21N3O4. The molecule has 0 saturated heterocycles. The predicted octanol–water partition coefficient (Wildman–Crippen LogP) is 1.28. The van der Waals surface area contributed by atoms with Crippen molar-refractivity contribution in [2.24, 2.45) is 0 Å². The molecule has 7 nitrogen and oxygen atoms in total. The average molecular weight is 343 g/mol. The molecule has 0 radical (unpaired) electrons. The van der Waals surface area contributed by atoms with E-state index in [0.29, 0.717) is 12.1 Å². The fourth-order valence-electron chi connectivity index (χ4n) is 3.11. The van der Waals surface area contributed by atoms with Gasteiger partial charge >= 0.3 is 5.97 Å². The lowest BCUT2D eigenvalue weighted by molar-refractivity contribution is -0.153. The second-order valence-corrected chi connectivity index (χ2v) is 6.06. The number of methoxy groups -OCH3 is 1. The maximum atomic E-state index is 12.8. The van der Waals surface area contributed by atoms with Gasteiger partial charge in [0.1, 0.15) is 11.8 Å². The highest BCUT2D eigenvalue weighted by molar-refractivity contribution is 5.86. The van der Waals surface area contributed by atoms with E-state index in [1.165, 1.54) is 12.0 Å². The highest BCUT2D eigenvalue weighted by atomic mass is 16.5. The van der Waals surface area contributed by atoms with Gasteiger partial charge in [-0.2, -0.15) is 5.10 Å². The largest absolute Gasteiger partial charge is 0.508 e. The summed E-state index contributed by atoms with van der Waals surface area (Å²) in [7, 11) is 1.32. The number of aryl methyl sites for hydroxylation is 1. The van der Waals surface area contributed by atoms with Gasteiger partial charge in [-0.05, 0) is 36.2 Å². The summed E-state index contributed by atoms with van der Waals surface area (Å²) >= 11 is 0. The maximum Gasteiger partial charge on any atom is 0.328 e. The van der Waals surface area contributed by atoms with Crippen LogP contribution in [0.5, 0.6) is 5.75 Å². The van der Waals surface area contributed by atoms with Crippen LogP contribution in [0.4, 0.5) is 0 Å². The van der Waals surface area contributed by atoms with Gasteiger partial charge in [-0.1, -0.05) is 6.07 Å². The van der Waals surface area contributed by atoms with Crippen molar-refractivity contribution in [2.45, 2.75) is 38.9 Å². The first kappa shape index (κ1) is 17.0. The number of amides is 1. The zero-order valence-electron chi connectivity index (χ0n) is 14.3. The third kappa shape index (κ3) is 3.50. The Labute approximate surface area is 145 Å². The van der Waals surface area contributed by atoms with Crippen LogP contribution in [0.25, 0.3) is 0 Å². The number of ether oxygens (including phenoxy) is 1. The van der Waals surface area contributed by atoms with E-state index in [0.717, 1.165) is 17.7 Å². The number of nitrogens with zero attached hydrogens (tertiary/aromatic N) is 3. The lowest BCUT2D eigenvalue weighted by atomic mass is 9.93. The molecule has 1 aromatic carbocycles. The molecule has 1 amide bonds. The molecule has 1 aliphatic rings. The molecule has 1 atom stereocenters. The molecule has 3 rings (SSSR count). The summed E-state index contributed by atoms with van der Waals surface area (Å²) in [4.78, 5) is 26.5. The van der Waals surface area contributed by atoms with Crippen molar-refractivity contribution in [2.75, 3.05) is 7.11 Å². The molecule has 0 bridgehead atoms. The minimum Gasteiger partial charge on any atom is -0.508 e. The maximum absolute atomic E-state index is 12.8. The van der Waals surface area contributed by atoms with Gasteiger partial charge in [-0.15, -0.1) is 0 Å². The summed E-state index contributed by atoms with van der Waals surface area (Å²) in [5, 5.41) is 14.0. The Morgan fingerprint density at radius 1 is 1.32 bits per heavy atom. The van der Waals surface area contributed by atoms with Crippen molar-refractivity contribution in [3.05, 3.63) is 47.3 Å². The fourth-order valence-corrected chi connectivity index (χ4v) is 3.11. The molecule has 0 fully saturated rings. The fraction of sp³-hybridized carbons (Fsp3) is 0.389. The van der Waals surface area contributed by atoms with Crippen molar-refractivity contribution >= 4 is 11.9 Å². The minimum atomic E-state index is -0.664. The average Bonchev–Trinajstić information content (AvgIpc) is 3.07. The van der Waals surface area contributed by atoms with Gasteiger partial charge < -0.3 is 14.7 Å². The summed E-state index contributed by atoms with van der Waals surface area (Å²) in [5.41, 5.74) is 2.44. The number of carbonyl (C=O) groups excluding carboxylic acids is 2. The summed E-state index contributed by atoms with van der Waals surface area (Å²) in [6.07, 6.45) is 2.32. The number of esters is 1. The lowest BCUT2D eigenvalue weighted by Gasteiger charge is -2.35. The van der Waals surface area contributed by atoms with Crippen molar-refractivity contribution < 1.29 is 19.4 Å². The normalized spacial score (nSPS) is 16.4. The van der Waals surface area contributed by atoms with Crippen LogP contribution in [0.15, 0.2) is 30.5 Å². The SMILES string of the molecule is CCn1ccc(CC(=O)N2Cc3cc(O)ccc3CC2C(=O)OC)n1. The number of hydrogen-bond acceptors (Lipinski definition) is 5. The Bertz CT molecular complexity index is 799. The van der Waals surface area contributed by atoms with Crippen molar-refractivity contribution in [1.29, 1.82) is 0 Å². The number of phenols is 1. The van der Waals surface area contributed by atoms with Crippen LogP contribution in [0.1, 0.15) is 23.7 Å². The topological polar surface area (TPSA) is 84.7 Å². The second kappa shape index (κ2) is 6.96. The first-order chi connectivity index (χ1) is 12.0. The quantitative estimate of drug-likeness (QED) is 0.846. The van der Waals surface area contributed by atoms with E-state index in [2.05, 4.69) is 5.10 Å². The molecule has 1 aromatic heterocycles. The van der Waals surface area contributed by atoms with Gasteiger partial charge in [-0.25, -0.2) is 4.79 Å². The molecule has 0 aliphatic carbocycles. The zero-order valence-corrected chi connectivity index (χ0v) is 14.3. The summed E-state index contributed by atoms with van der Waals surface area (Å²) in [6.45, 7) is 2.96. The van der Waals surface area contributed by atoms with Crippen LogP contribution in [0, 0.1) is 0 Å². The lowest BCUT2D eigenvalue weighted by Crippen LogP contribution is -2.49. The molecule has 2 aromatic rings. The van der Waals surface area contributed by atoms with Crippen LogP contribution >= 0.6 is 0 Å². The van der Waals surface area contributed by atoms with Crippen LogP contribution in [-0.4, -0.2) is 44.8 Å². The van der Waals surface area contributed by atoms with Crippen LogP contribution in [-0.2, 0) is 40.3 Å². The van der Waals surface area contributed by atoms with E-state index in [1.807, 2.05) is 13.1 Å². The first-order valence-corrected chi connectivity index (χ1v) is 8.22. The summed E-state index contributed by atoms with van der Waals surface area (Å²) in [5.74, 6) is -0.485. The van der Waals surface area contributed by atoms with Gasteiger partial charge in [0.05, 0.1) is 19.2 Å². The number of benzene rings is 1. The van der Waals surface area contributed by atoms with E-state index < -0.39 is 12.0 Å². The van der Waals surface area contributed by atoms with Crippen molar-refractivity contribution in [3.8, 4) is 5.75 Å². The highest BCUT2D eigenvalue weighted by Gasteiger charge is 2.35. The van der Waals surface area contributed by atoms with Gasteiger partial charge in [0.2, 0.25) is 5.91 Å². The van der Waals surface area contributed by atoms with E-state index in [-0.39, 0.29) is 24.6 Å². The number of aromatic nitrogens is 2. The second-order valence-electron chi connectivity index (χ2n) is 6.06. The van der Waals surface area contributed by atoms with Gasteiger partial charge in [0.15, 0.2) is 0 Å². The van der Waals surface area contributed by atoms with Crippen LogP contribution in [0.3, 0.4) is 0 Å². The first-order valence-electron chi connectivity index (χ1n) is 8.22. The van der Waals surface area contributed by atoms with E-state index >= 15 is 0 Å². The Morgan fingerprint density at radius 3 is 2.80 bits per heavy atom. The molecule has 132 valence electrons. The zero-order chi connectivity index (χ0) is 18.0. The molecule has 1 unspecified atom stereocenters. The predicted molar refractivity (Wildman–Crippen MR) is 89.8 cm³/mol. The molecule has 25 heavy (non-hydrogen) atoms. The summed E-state index contributed by atoms with van der Waals surface area (Å²) in [6, 6.07) is 6.14. The van der Waals surface area contributed by atoms with Gasteiger partial charge in [-0.3, -0.25) is 9.48 Å². The standard InChI is InChI=1S/C18H21N3O4/c1-3-20-7-6-14(19-20)10-17(23)21-11-13-8-15(22)5-4-12(13)9-16(21)18(24)25-2/h4-8,16,22H,3,9-11H2,1-2H3. The highest BCUT2D eigenvalue weighted by Crippen LogP contribution is 2.27. The van der Waals surface area contributed by atoms with Gasteiger partial charge in [0, 0.05) is 25.7 Å². The van der Waals surface area contributed by atoms with E-state index in [1.54, 1.807) is 28.9 Å². The number of phenolic OH excluding ortho intramolecular Hbond substituents is 1. The summed E-state index contributed by atoms with van der Waals surface area (Å²) < 4.78 is 6.63. The minimum absolute atomic E-state index is 0.120. The van der Waals surface area contributed by atoms with Crippen molar-refractivity contribution in [1.82, 2.24) is 14.7 Å². The molecule has 2 heterocycles. The molecular weight excluding hydrogens is 322 g/mol. The molecule has 1 N–H and O–H groups in total. The van der Waals surface area contributed by atoms with Crippen LogP contribution in [0.2, 0.25) is 0 Å². The van der Waals surface area contributed by atoms with E-state index in [9.17, 15) is 14.7 Å². The molecule has 1 aliphatic heterocycles. The Hall–Kier alpha value is -2.83. The number of rotatable bonds is 4. The Kier molecular flexibility index (Phi) is 4.74. The molecule has 7 heteroatoms. The number of carbonyl (C=O) groups is 2. The smallest absolute Gasteiger partial charge is 0.328 e. The Morgan fingerprint density at radius 2 is 2.12 bits per heavy atom. The molecule has 0 saturated carbocycles. The van der Waals surface area contributed by atoms with E-state index in [4.69, 9.17) is 4.74 Å². The third-order valence-corrected chi connectivity index (χ3v) is 4.47. The number of hydrogen-bond donors (Lipinski definition) is 1. The number of aromatic hydroxyl groups is 1. The van der Waals surface area contributed by atoms with Gasteiger partial charge in [0.25, 0.3) is 0 Å². The molecule has 0 spiro atoms. The number of fused-ring (bicyclic) bond motifs is 1. The van der Waals surface area contributed by atoms with Crippen molar-refractivity contribution in [3.63, 3.8) is 0 Å². The monoisotopic (exact) mass is 343 g/mol. The van der Waals surface area contributed by atoms with Crippen LogP contribution < -0.4 is 0 Å². The Balaban J connectivity index is 1.85. The third-order valence-electron chi connectivity index (χ3n) is 4.47.